The molecule has 1 aliphatic heterocycles. The fraction of sp³-hybridized carbons (Fsp3) is 0.429. The minimum Gasteiger partial charge on any atom is -0.397 e. The highest BCUT2D eigenvalue weighted by Gasteiger charge is 2.35. The van der Waals surface area contributed by atoms with Crippen molar-refractivity contribution in [1.29, 1.82) is 0 Å². The Morgan fingerprint density at radius 1 is 1.29 bits per heavy atom. The van der Waals surface area contributed by atoms with E-state index in [9.17, 15) is 0 Å². The molecule has 112 valence electrons. The quantitative estimate of drug-likeness (QED) is 0.842. The van der Waals surface area contributed by atoms with Crippen LogP contribution in [-0.2, 0) is 10.3 Å². The Hall–Kier alpha value is -1.30. The largest absolute Gasteiger partial charge is 0.397 e. The maximum absolute atomic E-state index is 6.03. The average molecular weight is 328 g/mol. The Labute approximate surface area is 132 Å². The van der Waals surface area contributed by atoms with Crippen molar-refractivity contribution in [2.75, 3.05) is 12.3 Å². The maximum atomic E-state index is 6.03. The number of aromatic nitrogens is 2. The molecule has 2 N–H and O–H groups in total. The van der Waals surface area contributed by atoms with E-state index in [1.165, 1.54) is 0 Å². The van der Waals surface area contributed by atoms with Crippen LogP contribution < -0.4 is 5.73 Å². The van der Waals surface area contributed by atoms with Crippen LogP contribution in [0.1, 0.15) is 32.0 Å². The molecule has 0 aliphatic carbocycles. The Balaban J connectivity index is 1.99. The van der Waals surface area contributed by atoms with Gasteiger partial charge in [0.1, 0.15) is 5.60 Å². The summed E-state index contributed by atoms with van der Waals surface area (Å²) in [4.78, 5) is 4.42. The van der Waals surface area contributed by atoms with E-state index in [0.29, 0.717) is 39.6 Å². The van der Waals surface area contributed by atoms with Gasteiger partial charge < -0.3 is 15.0 Å². The van der Waals surface area contributed by atoms with Crippen molar-refractivity contribution < 1.29 is 9.26 Å². The van der Waals surface area contributed by atoms with E-state index >= 15 is 0 Å². The topological polar surface area (TPSA) is 74.2 Å². The highest BCUT2D eigenvalue weighted by Crippen LogP contribution is 2.37. The lowest BCUT2D eigenvalue weighted by Crippen LogP contribution is -2.31. The molecule has 1 aromatic heterocycles. The van der Waals surface area contributed by atoms with E-state index < -0.39 is 5.60 Å². The van der Waals surface area contributed by atoms with Crippen LogP contribution in [0, 0.1) is 0 Å². The van der Waals surface area contributed by atoms with E-state index in [0.717, 1.165) is 19.3 Å². The molecule has 0 radical (unpaired) electrons. The van der Waals surface area contributed by atoms with Gasteiger partial charge in [0.15, 0.2) is 0 Å². The fourth-order valence-corrected chi connectivity index (χ4v) is 2.91. The van der Waals surface area contributed by atoms with Crippen molar-refractivity contribution in [3.63, 3.8) is 0 Å². The molecule has 7 heteroatoms. The molecular weight excluding hydrogens is 313 g/mol. The van der Waals surface area contributed by atoms with Gasteiger partial charge in [0, 0.05) is 11.6 Å². The number of anilines is 1. The molecule has 0 spiro atoms. The number of hydrogen-bond acceptors (Lipinski definition) is 5. The van der Waals surface area contributed by atoms with Crippen LogP contribution in [0.5, 0.6) is 0 Å². The van der Waals surface area contributed by atoms with Crippen LogP contribution in [-0.4, -0.2) is 16.7 Å². The molecule has 2 aromatic rings. The van der Waals surface area contributed by atoms with Crippen molar-refractivity contribution in [3.05, 3.63) is 28.0 Å². The molecule has 1 aromatic carbocycles. The summed E-state index contributed by atoms with van der Waals surface area (Å²) in [6, 6.07) is 3.23. The number of nitrogens with two attached hydrogens (primary N) is 1. The molecule has 1 atom stereocenters. The maximum Gasteiger partial charge on any atom is 0.260 e. The number of hydrogen-bond donors (Lipinski definition) is 1. The summed E-state index contributed by atoms with van der Waals surface area (Å²) in [5, 5.41) is 4.86. The number of nitrogens with zero attached hydrogens (tertiary/aromatic N) is 2. The van der Waals surface area contributed by atoms with Crippen molar-refractivity contribution in [2.24, 2.45) is 0 Å². The minimum absolute atomic E-state index is 0.294. The normalized spacial score (nSPS) is 22.4. The molecule has 1 aliphatic rings. The Morgan fingerprint density at radius 3 is 2.81 bits per heavy atom. The number of ether oxygens (including phenoxy) is 1. The Bertz CT molecular complexity index is 666. The van der Waals surface area contributed by atoms with Gasteiger partial charge in [-0.2, -0.15) is 4.98 Å². The van der Waals surface area contributed by atoms with Gasteiger partial charge in [-0.3, -0.25) is 0 Å². The first kappa shape index (κ1) is 14.6. The first-order valence-electron chi connectivity index (χ1n) is 6.73. The van der Waals surface area contributed by atoms with E-state index in [1.54, 1.807) is 12.1 Å². The van der Waals surface area contributed by atoms with E-state index in [1.807, 2.05) is 6.92 Å². The third kappa shape index (κ3) is 2.73. The summed E-state index contributed by atoms with van der Waals surface area (Å²) in [7, 11) is 0. The van der Waals surface area contributed by atoms with Gasteiger partial charge in [-0.15, -0.1) is 0 Å². The van der Waals surface area contributed by atoms with Crippen LogP contribution in [0.2, 0.25) is 10.0 Å². The van der Waals surface area contributed by atoms with Gasteiger partial charge in [-0.1, -0.05) is 28.4 Å². The zero-order chi connectivity index (χ0) is 15.0. The summed E-state index contributed by atoms with van der Waals surface area (Å²) in [5.41, 5.74) is 6.34. The van der Waals surface area contributed by atoms with E-state index in [2.05, 4.69) is 10.1 Å². The molecule has 0 amide bonds. The first-order valence-corrected chi connectivity index (χ1v) is 7.48. The van der Waals surface area contributed by atoms with Crippen molar-refractivity contribution in [2.45, 2.75) is 31.8 Å². The minimum atomic E-state index is -0.517. The standard InChI is InChI=1S/C14H15Cl2N3O2/c1-14(4-2-3-5-20-14)13-18-12(21-19-13)9-6-8(15)7-10(16)11(9)17/h6-7H,2-5,17H2,1H3. The monoisotopic (exact) mass is 327 g/mol. The van der Waals surface area contributed by atoms with Crippen LogP contribution >= 0.6 is 23.2 Å². The zero-order valence-electron chi connectivity index (χ0n) is 11.5. The third-order valence-electron chi connectivity index (χ3n) is 3.69. The number of rotatable bonds is 2. The van der Waals surface area contributed by atoms with Gasteiger partial charge >= 0.3 is 0 Å². The second-order valence-corrected chi connectivity index (χ2v) is 6.15. The SMILES string of the molecule is CC1(c2noc(-c3cc(Cl)cc(Cl)c3N)n2)CCCCO1. The number of nitrogen functional groups attached to an aromatic ring is 1. The van der Waals surface area contributed by atoms with Gasteiger partial charge in [0.05, 0.1) is 16.3 Å². The molecule has 0 bridgehead atoms. The molecular formula is C14H15Cl2N3O2. The zero-order valence-corrected chi connectivity index (χ0v) is 13.0. The summed E-state index contributed by atoms with van der Waals surface area (Å²) < 4.78 is 11.1. The van der Waals surface area contributed by atoms with Crippen LogP contribution in [0.15, 0.2) is 16.7 Å². The summed E-state index contributed by atoms with van der Waals surface area (Å²) in [6.07, 6.45) is 2.99. The van der Waals surface area contributed by atoms with Crippen molar-refractivity contribution in [3.8, 4) is 11.5 Å². The van der Waals surface area contributed by atoms with E-state index in [-0.39, 0.29) is 0 Å². The predicted octanol–water partition coefficient (Wildman–Crippen LogP) is 4.04. The highest BCUT2D eigenvalue weighted by atomic mass is 35.5. The molecule has 3 rings (SSSR count). The second-order valence-electron chi connectivity index (χ2n) is 5.31. The molecule has 1 fully saturated rings. The first-order chi connectivity index (χ1) is 9.99. The molecule has 21 heavy (non-hydrogen) atoms. The predicted molar refractivity (Wildman–Crippen MR) is 81.3 cm³/mol. The number of halogens is 2. The smallest absolute Gasteiger partial charge is 0.260 e. The molecule has 2 heterocycles. The van der Waals surface area contributed by atoms with E-state index in [4.69, 9.17) is 38.2 Å². The summed E-state index contributed by atoms with van der Waals surface area (Å²) >= 11 is 12.0. The van der Waals surface area contributed by atoms with Gasteiger partial charge in [0.2, 0.25) is 5.82 Å². The Kier molecular flexibility index (Phi) is 3.82. The van der Waals surface area contributed by atoms with Gasteiger partial charge in [-0.05, 0) is 38.3 Å². The van der Waals surface area contributed by atoms with Crippen LogP contribution in [0.4, 0.5) is 5.69 Å². The lowest BCUT2D eigenvalue weighted by atomic mass is 9.95. The van der Waals surface area contributed by atoms with Crippen LogP contribution in [0.25, 0.3) is 11.5 Å². The summed E-state index contributed by atoms with van der Waals surface area (Å²) in [6.45, 7) is 2.67. The second kappa shape index (κ2) is 5.48. The molecule has 0 saturated carbocycles. The molecule has 5 nitrogen and oxygen atoms in total. The lowest BCUT2D eigenvalue weighted by Gasteiger charge is -2.30. The van der Waals surface area contributed by atoms with Crippen molar-refractivity contribution >= 4 is 28.9 Å². The van der Waals surface area contributed by atoms with Gasteiger partial charge in [0.25, 0.3) is 5.89 Å². The van der Waals surface area contributed by atoms with Crippen LogP contribution in [0.3, 0.4) is 0 Å². The molecule has 1 unspecified atom stereocenters. The summed E-state index contributed by atoms with van der Waals surface area (Å²) in [5.74, 6) is 0.815. The third-order valence-corrected chi connectivity index (χ3v) is 4.22. The number of benzene rings is 1. The Morgan fingerprint density at radius 2 is 2.10 bits per heavy atom. The molecule has 1 saturated heterocycles. The lowest BCUT2D eigenvalue weighted by molar-refractivity contribution is -0.0770. The van der Waals surface area contributed by atoms with Crippen molar-refractivity contribution in [1.82, 2.24) is 10.1 Å². The highest BCUT2D eigenvalue weighted by molar-refractivity contribution is 6.37. The fourth-order valence-electron chi connectivity index (χ4n) is 2.42. The average Bonchev–Trinajstić information content (AvgIpc) is 2.94. The van der Waals surface area contributed by atoms with Gasteiger partial charge in [-0.25, -0.2) is 0 Å².